The predicted molar refractivity (Wildman–Crippen MR) is 54.4 cm³/mol. The molecule has 14 heavy (non-hydrogen) atoms. The highest BCUT2D eigenvalue weighted by atomic mass is 16.2. The van der Waals surface area contributed by atoms with Crippen molar-refractivity contribution in [1.29, 1.82) is 0 Å². The van der Waals surface area contributed by atoms with Gasteiger partial charge in [-0.1, -0.05) is 18.2 Å². The number of nitrogens with zero attached hydrogens (tertiary/aromatic N) is 2. The minimum absolute atomic E-state index is 0.172. The van der Waals surface area contributed by atoms with E-state index in [9.17, 15) is 0 Å². The first kappa shape index (κ1) is 8.97. The van der Waals surface area contributed by atoms with Crippen LogP contribution in [-0.2, 0) is 6.42 Å². The molecule has 0 aliphatic rings. The minimum Gasteiger partial charge on any atom is -0.396 e. The van der Waals surface area contributed by atoms with Crippen molar-refractivity contribution in [3.63, 3.8) is 0 Å². The summed E-state index contributed by atoms with van der Waals surface area (Å²) in [5, 5.41) is 8.92. The number of aliphatic hydroxyl groups is 1. The number of aliphatic hydroxyl groups excluding tert-OH is 1. The lowest BCUT2D eigenvalue weighted by molar-refractivity contribution is 0.299. The third-order valence-electron chi connectivity index (χ3n) is 2.16. The standard InChI is InChI=1S/C11H12N2O/c14-8-5-10-3-1-2-4-11(10)13-7-6-12-9-13/h1-4,6-7,9,14H,5,8H2. The number of hydrogen-bond donors (Lipinski definition) is 1. The average molecular weight is 188 g/mol. The van der Waals surface area contributed by atoms with Crippen LogP contribution in [0.2, 0.25) is 0 Å². The van der Waals surface area contributed by atoms with Gasteiger partial charge < -0.3 is 9.67 Å². The van der Waals surface area contributed by atoms with Gasteiger partial charge in [0, 0.05) is 24.7 Å². The third kappa shape index (κ3) is 1.67. The molecule has 0 aliphatic carbocycles. The molecular formula is C11H12N2O. The molecule has 0 fully saturated rings. The number of imidazole rings is 1. The first-order chi connectivity index (χ1) is 6.92. The highest BCUT2D eigenvalue weighted by Crippen LogP contribution is 2.14. The lowest BCUT2D eigenvalue weighted by atomic mass is 10.1. The molecule has 0 unspecified atom stereocenters. The van der Waals surface area contributed by atoms with Crippen LogP contribution in [0.4, 0.5) is 0 Å². The minimum atomic E-state index is 0.172. The summed E-state index contributed by atoms with van der Waals surface area (Å²) in [7, 11) is 0. The first-order valence-electron chi connectivity index (χ1n) is 4.59. The Kier molecular flexibility index (Phi) is 2.60. The van der Waals surface area contributed by atoms with Crippen LogP contribution in [0.3, 0.4) is 0 Å². The summed E-state index contributed by atoms with van der Waals surface area (Å²) in [6.07, 6.45) is 6.08. The van der Waals surface area contributed by atoms with Crippen molar-refractivity contribution in [3.05, 3.63) is 48.5 Å². The molecule has 0 bridgehead atoms. The van der Waals surface area contributed by atoms with Gasteiger partial charge in [0.1, 0.15) is 0 Å². The summed E-state index contributed by atoms with van der Waals surface area (Å²) >= 11 is 0. The fraction of sp³-hybridized carbons (Fsp3) is 0.182. The van der Waals surface area contributed by atoms with Crippen LogP contribution in [0.5, 0.6) is 0 Å². The molecule has 2 rings (SSSR count). The van der Waals surface area contributed by atoms with E-state index in [0.717, 1.165) is 11.3 Å². The van der Waals surface area contributed by atoms with Gasteiger partial charge in [0.2, 0.25) is 0 Å². The second-order valence-corrected chi connectivity index (χ2v) is 3.07. The Hall–Kier alpha value is -1.61. The largest absolute Gasteiger partial charge is 0.396 e. The lowest BCUT2D eigenvalue weighted by Gasteiger charge is -2.08. The molecule has 1 aromatic carbocycles. The van der Waals surface area contributed by atoms with E-state index in [1.165, 1.54) is 0 Å². The van der Waals surface area contributed by atoms with E-state index in [-0.39, 0.29) is 6.61 Å². The number of benzene rings is 1. The zero-order chi connectivity index (χ0) is 9.80. The maximum Gasteiger partial charge on any atom is 0.0991 e. The molecule has 0 aliphatic heterocycles. The van der Waals surface area contributed by atoms with Gasteiger partial charge in [0.05, 0.1) is 6.33 Å². The Bertz CT molecular complexity index is 395. The highest BCUT2D eigenvalue weighted by molar-refractivity contribution is 5.40. The van der Waals surface area contributed by atoms with E-state index in [1.807, 2.05) is 35.0 Å². The Morgan fingerprint density at radius 1 is 1.29 bits per heavy atom. The fourth-order valence-corrected chi connectivity index (χ4v) is 1.50. The van der Waals surface area contributed by atoms with Crippen LogP contribution in [-0.4, -0.2) is 21.3 Å². The van der Waals surface area contributed by atoms with Gasteiger partial charge in [-0.15, -0.1) is 0 Å². The molecule has 1 aromatic heterocycles. The SMILES string of the molecule is OCCc1ccccc1-n1ccnc1. The predicted octanol–water partition coefficient (Wildman–Crippen LogP) is 1.41. The van der Waals surface area contributed by atoms with Crippen LogP contribution in [0.1, 0.15) is 5.56 Å². The van der Waals surface area contributed by atoms with Crippen molar-refractivity contribution >= 4 is 0 Å². The van der Waals surface area contributed by atoms with Gasteiger partial charge in [-0.2, -0.15) is 0 Å². The topological polar surface area (TPSA) is 38.0 Å². The van der Waals surface area contributed by atoms with Crippen LogP contribution in [0, 0.1) is 0 Å². The Morgan fingerprint density at radius 2 is 2.14 bits per heavy atom. The molecule has 0 atom stereocenters. The van der Waals surface area contributed by atoms with Gasteiger partial charge in [-0.05, 0) is 18.1 Å². The van der Waals surface area contributed by atoms with Crippen molar-refractivity contribution in [2.45, 2.75) is 6.42 Å². The molecule has 1 heterocycles. The molecule has 0 amide bonds. The van der Waals surface area contributed by atoms with Crippen molar-refractivity contribution < 1.29 is 5.11 Å². The molecule has 3 heteroatoms. The fourth-order valence-electron chi connectivity index (χ4n) is 1.50. The van der Waals surface area contributed by atoms with Crippen LogP contribution < -0.4 is 0 Å². The Balaban J connectivity index is 2.42. The Morgan fingerprint density at radius 3 is 2.86 bits per heavy atom. The second kappa shape index (κ2) is 4.07. The summed E-state index contributed by atoms with van der Waals surface area (Å²) < 4.78 is 1.95. The second-order valence-electron chi connectivity index (χ2n) is 3.07. The van der Waals surface area contributed by atoms with Crippen LogP contribution in [0.15, 0.2) is 43.0 Å². The molecule has 2 aromatic rings. The van der Waals surface area contributed by atoms with E-state index < -0.39 is 0 Å². The number of rotatable bonds is 3. The third-order valence-corrected chi connectivity index (χ3v) is 2.16. The first-order valence-corrected chi connectivity index (χ1v) is 4.59. The maximum atomic E-state index is 8.92. The van der Waals surface area contributed by atoms with E-state index in [0.29, 0.717) is 6.42 Å². The molecule has 3 nitrogen and oxygen atoms in total. The van der Waals surface area contributed by atoms with Gasteiger partial charge in [0.15, 0.2) is 0 Å². The summed E-state index contributed by atoms with van der Waals surface area (Å²) in [5.74, 6) is 0. The maximum absolute atomic E-state index is 8.92. The Labute approximate surface area is 82.7 Å². The van der Waals surface area contributed by atoms with Crippen molar-refractivity contribution in [3.8, 4) is 5.69 Å². The number of hydrogen-bond acceptors (Lipinski definition) is 2. The molecular weight excluding hydrogens is 176 g/mol. The lowest BCUT2D eigenvalue weighted by Crippen LogP contribution is -1.99. The molecule has 0 spiro atoms. The van der Waals surface area contributed by atoms with Crippen molar-refractivity contribution in [1.82, 2.24) is 9.55 Å². The molecule has 0 saturated heterocycles. The zero-order valence-corrected chi connectivity index (χ0v) is 7.80. The van der Waals surface area contributed by atoms with Gasteiger partial charge in [-0.25, -0.2) is 4.98 Å². The van der Waals surface area contributed by atoms with E-state index in [2.05, 4.69) is 4.98 Å². The smallest absolute Gasteiger partial charge is 0.0991 e. The van der Waals surface area contributed by atoms with E-state index in [1.54, 1.807) is 12.5 Å². The van der Waals surface area contributed by atoms with Crippen LogP contribution >= 0.6 is 0 Å². The summed E-state index contributed by atoms with van der Waals surface area (Å²) in [5.41, 5.74) is 2.21. The molecule has 72 valence electrons. The molecule has 0 saturated carbocycles. The van der Waals surface area contributed by atoms with E-state index >= 15 is 0 Å². The normalized spacial score (nSPS) is 10.4. The summed E-state index contributed by atoms with van der Waals surface area (Å²) in [6, 6.07) is 8.00. The van der Waals surface area contributed by atoms with Crippen molar-refractivity contribution in [2.75, 3.05) is 6.61 Å². The molecule has 1 N–H and O–H groups in total. The summed E-state index contributed by atoms with van der Waals surface area (Å²) in [6.45, 7) is 0.172. The van der Waals surface area contributed by atoms with Gasteiger partial charge in [0.25, 0.3) is 0 Å². The summed E-state index contributed by atoms with van der Waals surface area (Å²) in [4.78, 5) is 4.00. The quantitative estimate of drug-likeness (QED) is 0.790. The highest BCUT2D eigenvalue weighted by Gasteiger charge is 2.01. The average Bonchev–Trinajstić information content (AvgIpc) is 2.72. The van der Waals surface area contributed by atoms with Gasteiger partial charge in [-0.3, -0.25) is 0 Å². The van der Waals surface area contributed by atoms with Crippen LogP contribution in [0.25, 0.3) is 5.69 Å². The van der Waals surface area contributed by atoms with Gasteiger partial charge >= 0.3 is 0 Å². The number of para-hydroxylation sites is 1. The van der Waals surface area contributed by atoms with Crippen molar-refractivity contribution in [2.24, 2.45) is 0 Å². The monoisotopic (exact) mass is 188 g/mol. The molecule has 0 radical (unpaired) electrons. The number of aromatic nitrogens is 2. The van der Waals surface area contributed by atoms with E-state index in [4.69, 9.17) is 5.11 Å². The zero-order valence-electron chi connectivity index (χ0n) is 7.80.